The quantitative estimate of drug-likeness (QED) is 0.160. The molecular formula is C55H33N5S2. The molecule has 0 aliphatic heterocycles. The van der Waals surface area contributed by atoms with Crippen molar-refractivity contribution in [2.45, 2.75) is 0 Å². The maximum atomic E-state index is 5.22. The molecule has 0 saturated heterocycles. The van der Waals surface area contributed by atoms with Crippen LogP contribution in [0.4, 0.5) is 0 Å². The van der Waals surface area contributed by atoms with E-state index in [1.165, 1.54) is 19.5 Å². The number of aromatic nitrogens is 5. The van der Waals surface area contributed by atoms with Gasteiger partial charge in [0.2, 0.25) is 0 Å². The molecule has 0 unspecified atom stereocenters. The molecule has 0 bridgehead atoms. The minimum absolute atomic E-state index is 0.634. The Morgan fingerprint density at radius 3 is 1.60 bits per heavy atom. The van der Waals surface area contributed by atoms with E-state index in [4.69, 9.17) is 24.9 Å². The Balaban J connectivity index is 0.961. The van der Waals surface area contributed by atoms with Gasteiger partial charge in [0.25, 0.3) is 0 Å². The Labute approximate surface area is 365 Å². The number of thiophene rings is 2. The molecular weight excluding hydrogens is 795 g/mol. The Hall–Kier alpha value is -7.71. The maximum absolute atomic E-state index is 5.22. The highest BCUT2D eigenvalue weighted by molar-refractivity contribution is 7.26. The smallest absolute Gasteiger partial charge is 0.164 e. The zero-order chi connectivity index (χ0) is 41.0. The second kappa shape index (κ2) is 15.1. The molecule has 0 radical (unpaired) electrons. The van der Waals surface area contributed by atoms with E-state index in [1.807, 2.05) is 30.3 Å². The van der Waals surface area contributed by atoms with Crippen molar-refractivity contribution in [1.82, 2.24) is 24.9 Å². The van der Waals surface area contributed by atoms with E-state index >= 15 is 0 Å². The van der Waals surface area contributed by atoms with E-state index in [-0.39, 0.29) is 0 Å². The Bertz CT molecular complexity index is 3620. The van der Waals surface area contributed by atoms with Gasteiger partial charge in [-0.05, 0) is 52.6 Å². The fourth-order valence-electron chi connectivity index (χ4n) is 8.33. The second-order valence-corrected chi connectivity index (χ2v) is 17.4. The molecule has 7 heteroatoms. The average molecular weight is 828 g/mol. The van der Waals surface area contributed by atoms with Crippen LogP contribution >= 0.6 is 22.7 Å². The van der Waals surface area contributed by atoms with Crippen LogP contribution in [-0.4, -0.2) is 24.9 Å². The molecule has 0 spiro atoms. The molecule has 5 nitrogen and oxygen atoms in total. The first-order chi connectivity index (χ1) is 30.7. The summed E-state index contributed by atoms with van der Waals surface area (Å²) < 4.78 is 4.71. The first-order valence-corrected chi connectivity index (χ1v) is 22.1. The highest BCUT2D eigenvalue weighted by Crippen LogP contribution is 2.43. The van der Waals surface area contributed by atoms with Gasteiger partial charge in [-0.15, -0.1) is 22.7 Å². The molecule has 0 atom stereocenters. The van der Waals surface area contributed by atoms with E-state index in [2.05, 4.69) is 170 Å². The van der Waals surface area contributed by atoms with Crippen molar-refractivity contribution in [3.8, 4) is 79.1 Å². The summed E-state index contributed by atoms with van der Waals surface area (Å²) in [6.07, 6.45) is 0. The lowest BCUT2D eigenvalue weighted by Crippen LogP contribution is -2.00. The van der Waals surface area contributed by atoms with Crippen LogP contribution in [0.1, 0.15) is 0 Å². The van der Waals surface area contributed by atoms with E-state index in [0.717, 1.165) is 76.8 Å². The summed E-state index contributed by atoms with van der Waals surface area (Å²) in [7, 11) is 0. The number of benzene rings is 8. The second-order valence-electron chi connectivity index (χ2n) is 15.2. The molecule has 4 heterocycles. The van der Waals surface area contributed by atoms with E-state index in [1.54, 1.807) is 22.7 Å². The predicted octanol–water partition coefficient (Wildman–Crippen LogP) is 15.1. The molecule has 0 N–H and O–H groups in total. The normalized spacial score (nSPS) is 11.5. The van der Waals surface area contributed by atoms with Crippen molar-refractivity contribution < 1.29 is 0 Å². The zero-order valence-electron chi connectivity index (χ0n) is 33.1. The van der Waals surface area contributed by atoms with Gasteiger partial charge in [-0.1, -0.05) is 170 Å². The number of fused-ring (bicyclic) bond motifs is 6. The summed E-state index contributed by atoms with van der Waals surface area (Å²) in [5.41, 5.74) is 11.4. The molecule has 0 fully saturated rings. The molecule has 62 heavy (non-hydrogen) atoms. The van der Waals surface area contributed by atoms with Crippen LogP contribution in [-0.2, 0) is 0 Å². The topological polar surface area (TPSA) is 64.5 Å². The number of rotatable bonds is 7. The maximum Gasteiger partial charge on any atom is 0.164 e. The van der Waals surface area contributed by atoms with E-state index in [9.17, 15) is 0 Å². The lowest BCUT2D eigenvalue weighted by molar-refractivity contribution is 1.08. The van der Waals surface area contributed by atoms with Gasteiger partial charge < -0.3 is 0 Å². The summed E-state index contributed by atoms with van der Waals surface area (Å²) in [4.78, 5) is 25.8. The van der Waals surface area contributed by atoms with Gasteiger partial charge in [-0.25, -0.2) is 24.9 Å². The molecule has 290 valence electrons. The number of nitrogens with zero attached hydrogens (tertiary/aromatic N) is 5. The third kappa shape index (κ3) is 6.43. The van der Waals surface area contributed by atoms with Crippen molar-refractivity contribution in [1.29, 1.82) is 0 Å². The van der Waals surface area contributed by atoms with Crippen molar-refractivity contribution >= 4 is 63.1 Å². The van der Waals surface area contributed by atoms with Gasteiger partial charge in [0.05, 0.1) is 15.9 Å². The predicted molar refractivity (Wildman–Crippen MR) is 259 cm³/mol. The van der Waals surface area contributed by atoms with Gasteiger partial charge in [0, 0.05) is 58.1 Å². The first-order valence-electron chi connectivity index (χ1n) is 20.5. The van der Waals surface area contributed by atoms with Gasteiger partial charge in [0.15, 0.2) is 23.3 Å². The summed E-state index contributed by atoms with van der Waals surface area (Å²) >= 11 is 3.54. The van der Waals surface area contributed by atoms with E-state index < -0.39 is 0 Å². The third-order valence-corrected chi connectivity index (χ3v) is 13.7. The standard InChI is InChI=1S/C55H33N5S2/c1-4-14-34(15-5-1)39-20-12-21-41(32-39)54-58-53(37-18-8-3-9-19-37)59-55(60-54)43-23-13-25-47-48(43)44-33-40(30-31-46(44)61-47)35-26-28-38(29-27-35)52-56-49(36-16-6-2-7-17-36)51-50(57-52)42-22-10-11-24-45(42)62-51/h1-33H. The molecule has 0 aliphatic rings. The van der Waals surface area contributed by atoms with E-state index in [0.29, 0.717) is 23.3 Å². The summed E-state index contributed by atoms with van der Waals surface area (Å²) in [5.74, 6) is 2.63. The van der Waals surface area contributed by atoms with Crippen LogP contribution in [0.5, 0.6) is 0 Å². The Morgan fingerprint density at radius 1 is 0.290 bits per heavy atom. The number of hydrogen-bond acceptors (Lipinski definition) is 7. The highest BCUT2D eigenvalue weighted by atomic mass is 32.1. The minimum Gasteiger partial charge on any atom is -0.226 e. The summed E-state index contributed by atoms with van der Waals surface area (Å²) in [5, 5.41) is 3.46. The van der Waals surface area contributed by atoms with Gasteiger partial charge in [-0.3, -0.25) is 0 Å². The third-order valence-electron chi connectivity index (χ3n) is 11.4. The van der Waals surface area contributed by atoms with Crippen molar-refractivity contribution in [3.63, 3.8) is 0 Å². The monoisotopic (exact) mass is 827 g/mol. The lowest BCUT2D eigenvalue weighted by atomic mass is 9.99. The van der Waals surface area contributed by atoms with Crippen LogP contribution in [0.2, 0.25) is 0 Å². The largest absolute Gasteiger partial charge is 0.226 e. The highest BCUT2D eigenvalue weighted by Gasteiger charge is 2.19. The van der Waals surface area contributed by atoms with Crippen LogP contribution in [0.15, 0.2) is 200 Å². The molecule has 12 aromatic rings. The fourth-order valence-corrected chi connectivity index (χ4v) is 10.6. The lowest BCUT2D eigenvalue weighted by Gasteiger charge is -2.11. The van der Waals surface area contributed by atoms with Crippen LogP contribution in [0.25, 0.3) is 120 Å². The van der Waals surface area contributed by atoms with Crippen molar-refractivity contribution in [2.75, 3.05) is 0 Å². The number of hydrogen-bond donors (Lipinski definition) is 0. The van der Waals surface area contributed by atoms with Crippen molar-refractivity contribution in [2.24, 2.45) is 0 Å². The molecule has 8 aromatic carbocycles. The fraction of sp³-hybridized carbons (Fsp3) is 0. The van der Waals surface area contributed by atoms with Crippen LogP contribution < -0.4 is 0 Å². The van der Waals surface area contributed by atoms with Gasteiger partial charge in [0.1, 0.15) is 0 Å². The molecule has 0 amide bonds. The van der Waals surface area contributed by atoms with Gasteiger partial charge in [-0.2, -0.15) is 0 Å². The Morgan fingerprint density at radius 2 is 0.806 bits per heavy atom. The van der Waals surface area contributed by atoms with Gasteiger partial charge >= 0.3 is 0 Å². The van der Waals surface area contributed by atoms with Crippen LogP contribution in [0.3, 0.4) is 0 Å². The molecule has 12 rings (SSSR count). The summed E-state index contributed by atoms with van der Waals surface area (Å²) in [6.45, 7) is 0. The molecule has 0 aliphatic carbocycles. The molecule has 4 aromatic heterocycles. The SMILES string of the molecule is c1ccc(-c2cccc(-c3nc(-c4ccccc4)nc(-c4cccc5sc6ccc(-c7ccc(-c8nc(-c9ccccc9)c9sc%10ccccc%10c9n8)cc7)cc6c45)n3)c2)cc1. The zero-order valence-corrected chi connectivity index (χ0v) is 34.7. The molecule has 0 saturated carbocycles. The van der Waals surface area contributed by atoms with Crippen LogP contribution in [0, 0.1) is 0 Å². The Kier molecular flexibility index (Phi) is 8.80. The average Bonchev–Trinajstić information content (AvgIpc) is 3.93. The van der Waals surface area contributed by atoms with Crippen molar-refractivity contribution in [3.05, 3.63) is 200 Å². The first kappa shape index (κ1) is 36.2. The minimum atomic E-state index is 0.634. The summed E-state index contributed by atoms with van der Waals surface area (Å²) in [6, 6.07) is 69.8.